The van der Waals surface area contributed by atoms with Gasteiger partial charge in [-0.25, -0.2) is 28.8 Å². The number of carbonyl (C=O) groups is 6. The number of hydrogen-bond acceptors (Lipinski definition) is 10. The smallest absolute Gasteiger partial charge is 0.373 e. The van der Waals surface area contributed by atoms with Gasteiger partial charge in [0.15, 0.2) is 0 Å². The Labute approximate surface area is 273 Å². The zero-order chi connectivity index (χ0) is 36.8. The molecule has 12 heteroatoms. The summed E-state index contributed by atoms with van der Waals surface area (Å²) >= 11 is 0. The Morgan fingerprint density at radius 3 is 1.48 bits per heavy atom. The Morgan fingerprint density at radius 2 is 1.13 bits per heavy atom. The van der Waals surface area contributed by atoms with Gasteiger partial charge >= 0.3 is 35.8 Å². The van der Waals surface area contributed by atoms with Crippen LogP contribution in [0.4, 0.5) is 0 Å². The molecule has 2 N–H and O–H groups in total. The molecule has 12 nitrogen and oxygen atoms in total. The fourth-order valence-electron chi connectivity index (χ4n) is 2.24. The van der Waals surface area contributed by atoms with Gasteiger partial charge in [-0.2, -0.15) is 0 Å². The fraction of sp³-hybridized carbons (Fsp3) is 0.471. The Bertz CT molecular complexity index is 1110. The molecule has 0 unspecified atom stereocenters. The van der Waals surface area contributed by atoms with Crippen molar-refractivity contribution in [2.24, 2.45) is 0 Å². The maximum Gasteiger partial charge on any atom is 0.373 e. The van der Waals surface area contributed by atoms with E-state index in [9.17, 15) is 28.8 Å². The van der Waals surface area contributed by atoms with E-state index in [4.69, 9.17) is 19.7 Å². The van der Waals surface area contributed by atoms with Crippen molar-refractivity contribution in [1.29, 1.82) is 0 Å². The largest absolute Gasteiger partial charge is 0.478 e. The van der Waals surface area contributed by atoms with Crippen molar-refractivity contribution in [2.45, 2.75) is 93.4 Å². The summed E-state index contributed by atoms with van der Waals surface area (Å²) in [4.78, 5) is 64.5. The van der Waals surface area contributed by atoms with Gasteiger partial charge in [-0.05, 0) is 53.5 Å². The molecule has 46 heavy (non-hydrogen) atoms. The Kier molecular flexibility index (Phi) is 31.7. The van der Waals surface area contributed by atoms with Crippen molar-refractivity contribution in [2.75, 3.05) is 13.2 Å². The number of unbranched alkanes of at least 4 members (excludes halogenated alkanes) is 2. The van der Waals surface area contributed by atoms with Crippen LogP contribution in [0.3, 0.4) is 0 Å². The Hall–Kier alpha value is -4.74. The Balaban J connectivity index is -0.000000289. The molecule has 0 atom stereocenters. The number of carboxylic acid groups (broad SMARTS) is 2. The van der Waals surface area contributed by atoms with Crippen molar-refractivity contribution >= 4 is 35.8 Å². The van der Waals surface area contributed by atoms with Gasteiger partial charge < -0.3 is 29.2 Å². The summed E-state index contributed by atoms with van der Waals surface area (Å²) in [5.41, 5.74) is 1.17. The standard InChI is InChI=1S/C16H26O4.C9H12O4.C6H10O2.C3H4O2/c1-6-8-10-14(20-15(17)12(3)4)13(5)16(18)19-11-9-7-2;1-5-12-9(11)7(4)13-8(10)6(2)3;1-3-4-5(2)6(7)8;1-2-3(4)5/h3,6-11H2,1-2,4-5H3;2,4-5H2,1,3H3;2-4H2,1H3,(H,7,8);2H,1H2,(H,4,5). The van der Waals surface area contributed by atoms with E-state index in [-0.39, 0.29) is 17.9 Å². The summed E-state index contributed by atoms with van der Waals surface area (Å²) < 4.78 is 19.4. The van der Waals surface area contributed by atoms with Crippen molar-refractivity contribution in [3.8, 4) is 0 Å². The normalized spacial score (nSPS) is 9.72. The van der Waals surface area contributed by atoms with E-state index in [1.54, 1.807) is 20.8 Å². The highest BCUT2D eigenvalue weighted by Crippen LogP contribution is 2.17. The first-order valence-electron chi connectivity index (χ1n) is 14.6. The number of allylic oxidation sites excluding steroid dienone is 1. The second kappa shape index (κ2) is 30.3. The number of esters is 4. The van der Waals surface area contributed by atoms with E-state index in [2.05, 4.69) is 42.4 Å². The van der Waals surface area contributed by atoms with Crippen LogP contribution in [0.25, 0.3) is 0 Å². The van der Waals surface area contributed by atoms with Crippen LogP contribution >= 0.6 is 0 Å². The molecule has 0 saturated carbocycles. The molecule has 0 amide bonds. The lowest BCUT2D eigenvalue weighted by Crippen LogP contribution is -2.13. The third kappa shape index (κ3) is 29.3. The van der Waals surface area contributed by atoms with Crippen LogP contribution in [0.5, 0.6) is 0 Å². The minimum atomic E-state index is -0.981. The molecule has 0 aliphatic carbocycles. The molecular formula is C34H52O12. The van der Waals surface area contributed by atoms with Crippen LogP contribution in [0.2, 0.25) is 0 Å². The van der Waals surface area contributed by atoms with Gasteiger partial charge in [-0.15, -0.1) is 0 Å². The molecule has 0 aliphatic heterocycles. The highest BCUT2D eigenvalue weighted by Gasteiger charge is 2.17. The van der Waals surface area contributed by atoms with Crippen LogP contribution in [-0.2, 0) is 47.7 Å². The molecule has 0 aromatic rings. The average Bonchev–Trinajstić information content (AvgIpc) is 2.99. The molecule has 0 radical (unpaired) electrons. The zero-order valence-corrected chi connectivity index (χ0v) is 28.5. The monoisotopic (exact) mass is 652 g/mol. The lowest BCUT2D eigenvalue weighted by Gasteiger charge is -2.12. The first-order chi connectivity index (χ1) is 21.4. The number of hydrogen-bond donors (Lipinski definition) is 2. The van der Waals surface area contributed by atoms with Crippen LogP contribution in [0.1, 0.15) is 93.4 Å². The zero-order valence-electron chi connectivity index (χ0n) is 28.5. The summed E-state index contributed by atoms with van der Waals surface area (Å²) in [6.07, 6.45) is 6.41. The van der Waals surface area contributed by atoms with Gasteiger partial charge in [0.25, 0.3) is 0 Å². The van der Waals surface area contributed by atoms with E-state index in [0.717, 1.165) is 38.2 Å². The molecule has 0 heterocycles. The fourth-order valence-corrected chi connectivity index (χ4v) is 2.24. The molecule has 0 aromatic heterocycles. The molecular weight excluding hydrogens is 600 g/mol. The predicted molar refractivity (Wildman–Crippen MR) is 175 cm³/mol. The van der Waals surface area contributed by atoms with Crippen molar-refractivity contribution in [3.63, 3.8) is 0 Å². The third-order valence-corrected chi connectivity index (χ3v) is 4.87. The first-order valence-corrected chi connectivity index (χ1v) is 14.6. The molecule has 260 valence electrons. The molecule has 0 saturated heterocycles. The quantitative estimate of drug-likeness (QED) is 0.0554. The molecule has 0 fully saturated rings. The molecule has 0 spiro atoms. The number of ether oxygens (including phenoxy) is 4. The number of carbonyl (C=O) groups excluding carboxylic acids is 4. The SMILES string of the molecule is C=C(C)C(=O)OC(=C)C(=O)OCC.C=C(C)C(=O)OC(CCCC)=C(C)C(=O)OCCCC.C=C(CCC)C(=O)O.C=CC(=O)O. The summed E-state index contributed by atoms with van der Waals surface area (Å²) in [5, 5.41) is 15.8. The van der Waals surface area contributed by atoms with Crippen molar-refractivity contribution in [3.05, 3.63) is 72.8 Å². The highest BCUT2D eigenvalue weighted by atomic mass is 16.6. The van der Waals surface area contributed by atoms with E-state index in [1.165, 1.54) is 6.92 Å². The van der Waals surface area contributed by atoms with Gasteiger partial charge in [0.2, 0.25) is 5.76 Å². The van der Waals surface area contributed by atoms with E-state index in [1.807, 2.05) is 20.8 Å². The number of rotatable bonds is 17. The maximum atomic E-state index is 11.9. The van der Waals surface area contributed by atoms with Crippen LogP contribution < -0.4 is 0 Å². The Morgan fingerprint density at radius 1 is 0.652 bits per heavy atom. The average molecular weight is 653 g/mol. The molecule has 0 aliphatic rings. The summed E-state index contributed by atoms with van der Waals surface area (Å²) in [6, 6.07) is 0. The second-order valence-electron chi connectivity index (χ2n) is 9.33. The van der Waals surface area contributed by atoms with Gasteiger partial charge in [-0.1, -0.05) is 66.3 Å². The van der Waals surface area contributed by atoms with Crippen LogP contribution in [0, 0.1) is 0 Å². The van der Waals surface area contributed by atoms with Gasteiger partial charge in [-0.3, -0.25) is 0 Å². The lowest BCUT2D eigenvalue weighted by atomic mass is 10.1. The predicted octanol–water partition coefficient (Wildman–Crippen LogP) is 6.78. The number of aliphatic carboxylic acids is 2. The minimum Gasteiger partial charge on any atom is -0.478 e. The second-order valence-corrected chi connectivity index (χ2v) is 9.33. The summed E-state index contributed by atoms with van der Waals surface area (Å²) in [5.74, 6) is -4.14. The van der Waals surface area contributed by atoms with Crippen molar-refractivity contribution in [1.82, 2.24) is 0 Å². The summed E-state index contributed by atoms with van der Waals surface area (Å²) in [6.45, 7) is 29.3. The minimum absolute atomic E-state index is 0.199. The van der Waals surface area contributed by atoms with Crippen molar-refractivity contribution < 1.29 is 57.9 Å². The maximum absolute atomic E-state index is 11.9. The first kappa shape index (κ1) is 48.2. The highest BCUT2D eigenvalue weighted by molar-refractivity contribution is 5.94. The van der Waals surface area contributed by atoms with E-state index < -0.39 is 35.8 Å². The van der Waals surface area contributed by atoms with Gasteiger partial charge in [0, 0.05) is 29.2 Å². The van der Waals surface area contributed by atoms with Crippen LogP contribution in [-0.4, -0.2) is 59.2 Å². The van der Waals surface area contributed by atoms with Gasteiger partial charge in [0.05, 0.1) is 18.8 Å². The number of carboxylic acids is 2. The van der Waals surface area contributed by atoms with Crippen LogP contribution in [0.15, 0.2) is 72.8 Å². The molecule has 0 bridgehead atoms. The molecule has 0 rings (SSSR count). The molecule has 0 aromatic carbocycles. The third-order valence-electron chi connectivity index (χ3n) is 4.87. The lowest BCUT2D eigenvalue weighted by molar-refractivity contribution is -0.149. The van der Waals surface area contributed by atoms with Gasteiger partial charge in [0.1, 0.15) is 5.76 Å². The van der Waals surface area contributed by atoms with E-state index in [0.29, 0.717) is 41.9 Å². The summed E-state index contributed by atoms with van der Waals surface area (Å²) in [7, 11) is 0. The van der Waals surface area contributed by atoms with E-state index >= 15 is 0 Å². The topological polar surface area (TPSA) is 180 Å².